The Morgan fingerprint density at radius 1 is 1.48 bits per heavy atom. The van der Waals surface area contributed by atoms with E-state index in [9.17, 15) is 0 Å². The molecule has 21 heavy (non-hydrogen) atoms. The van der Waals surface area contributed by atoms with Crippen LogP contribution in [0.4, 0.5) is 0 Å². The van der Waals surface area contributed by atoms with E-state index in [-0.39, 0.29) is 18.7 Å². The molecule has 1 fully saturated rings. The van der Waals surface area contributed by atoms with Crippen LogP contribution in [0.25, 0.3) is 0 Å². The molecule has 0 saturated carbocycles. The van der Waals surface area contributed by atoms with Gasteiger partial charge in [-0.2, -0.15) is 0 Å². The number of likely N-dealkylation sites (tertiary alicyclic amines) is 1. The van der Waals surface area contributed by atoms with Crippen LogP contribution in [0.1, 0.15) is 50.6 Å². The fourth-order valence-corrected chi connectivity index (χ4v) is 3.88. The van der Waals surface area contributed by atoms with Crippen LogP contribution < -0.4 is 5.73 Å². The minimum Gasteiger partial charge on any atom is -0.396 e. The van der Waals surface area contributed by atoms with Gasteiger partial charge in [-0.25, -0.2) is 0 Å². The summed E-state index contributed by atoms with van der Waals surface area (Å²) in [4.78, 5) is 2.58. The van der Waals surface area contributed by atoms with Crippen LogP contribution in [0.15, 0.2) is 28.7 Å². The number of rotatable bonds is 7. The number of benzene rings is 1. The van der Waals surface area contributed by atoms with Crippen LogP contribution in [-0.4, -0.2) is 35.2 Å². The summed E-state index contributed by atoms with van der Waals surface area (Å²) in [6.07, 6.45) is 5.38. The molecule has 0 aromatic heterocycles. The molecule has 0 radical (unpaired) electrons. The van der Waals surface area contributed by atoms with Crippen molar-refractivity contribution in [3.63, 3.8) is 0 Å². The van der Waals surface area contributed by atoms with Gasteiger partial charge in [0.25, 0.3) is 0 Å². The molecular weight excluding hydrogens is 328 g/mol. The van der Waals surface area contributed by atoms with Crippen molar-refractivity contribution in [3.05, 3.63) is 34.3 Å². The minimum absolute atomic E-state index is 0.147. The molecule has 1 aromatic carbocycles. The standard InChI is InChI=1S/C17H27BrN2O/c1-2-16(19)17(13-6-3-7-14(18)12-13)20-10-4-8-15(20)9-5-11-21/h3,6-7,12,15-17,21H,2,4-5,8-11,19H2,1H3. The molecule has 0 aliphatic carbocycles. The van der Waals surface area contributed by atoms with Crippen molar-refractivity contribution >= 4 is 15.9 Å². The van der Waals surface area contributed by atoms with Crippen molar-refractivity contribution in [1.82, 2.24) is 4.90 Å². The molecule has 4 heteroatoms. The maximum atomic E-state index is 9.11. The summed E-state index contributed by atoms with van der Waals surface area (Å²) in [5.41, 5.74) is 7.76. The van der Waals surface area contributed by atoms with Crippen molar-refractivity contribution in [2.75, 3.05) is 13.2 Å². The van der Waals surface area contributed by atoms with Crippen molar-refractivity contribution < 1.29 is 5.11 Å². The van der Waals surface area contributed by atoms with Crippen molar-refractivity contribution in [2.24, 2.45) is 5.73 Å². The van der Waals surface area contributed by atoms with Crippen LogP contribution in [0.5, 0.6) is 0 Å². The van der Waals surface area contributed by atoms with E-state index >= 15 is 0 Å². The molecule has 3 atom stereocenters. The number of hydrogen-bond acceptors (Lipinski definition) is 3. The maximum absolute atomic E-state index is 9.11. The van der Waals surface area contributed by atoms with Crippen LogP contribution in [0, 0.1) is 0 Å². The van der Waals surface area contributed by atoms with Gasteiger partial charge in [-0.15, -0.1) is 0 Å². The van der Waals surface area contributed by atoms with E-state index in [0.29, 0.717) is 6.04 Å². The number of aliphatic hydroxyl groups excluding tert-OH is 1. The topological polar surface area (TPSA) is 49.5 Å². The zero-order valence-corrected chi connectivity index (χ0v) is 14.4. The fourth-order valence-electron chi connectivity index (χ4n) is 3.46. The van der Waals surface area contributed by atoms with Gasteiger partial charge in [0.15, 0.2) is 0 Å². The van der Waals surface area contributed by atoms with Gasteiger partial charge < -0.3 is 10.8 Å². The number of aliphatic hydroxyl groups is 1. The lowest BCUT2D eigenvalue weighted by molar-refractivity contribution is 0.140. The fraction of sp³-hybridized carbons (Fsp3) is 0.647. The second-order valence-corrected chi connectivity index (χ2v) is 6.89. The monoisotopic (exact) mass is 354 g/mol. The van der Waals surface area contributed by atoms with E-state index in [0.717, 1.165) is 30.3 Å². The van der Waals surface area contributed by atoms with E-state index in [1.807, 2.05) is 0 Å². The summed E-state index contributed by atoms with van der Waals surface area (Å²) in [6.45, 7) is 3.56. The number of halogens is 1. The van der Waals surface area contributed by atoms with Gasteiger partial charge in [0.2, 0.25) is 0 Å². The Morgan fingerprint density at radius 3 is 2.95 bits per heavy atom. The Labute approximate surface area is 136 Å². The van der Waals surface area contributed by atoms with Crippen molar-refractivity contribution in [2.45, 2.75) is 57.2 Å². The zero-order valence-electron chi connectivity index (χ0n) is 12.8. The maximum Gasteiger partial charge on any atom is 0.0502 e. The molecule has 118 valence electrons. The summed E-state index contributed by atoms with van der Waals surface area (Å²) >= 11 is 3.57. The highest BCUT2D eigenvalue weighted by Crippen LogP contribution is 2.34. The zero-order chi connectivity index (χ0) is 15.2. The second kappa shape index (κ2) is 8.28. The van der Waals surface area contributed by atoms with Gasteiger partial charge in [-0.3, -0.25) is 4.90 Å². The van der Waals surface area contributed by atoms with E-state index < -0.39 is 0 Å². The first-order valence-corrected chi connectivity index (χ1v) is 8.84. The average molecular weight is 355 g/mol. The first kappa shape index (κ1) is 16.9. The number of hydrogen-bond donors (Lipinski definition) is 2. The molecule has 3 unspecified atom stereocenters. The molecule has 0 spiro atoms. The Kier molecular flexibility index (Phi) is 6.68. The first-order chi connectivity index (χ1) is 10.2. The summed E-state index contributed by atoms with van der Waals surface area (Å²) < 4.78 is 1.11. The van der Waals surface area contributed by atoms with E-state index in [1.165, 1.54) is 18.4 Å². The molecule has 2 rings (SSSR count). The normalized spacial score (nSPS) is 22.4. The molecule has 1 aliphatic rings. The Hall–Kier alpha value is -0.420. The molecule has 1 aromatic rings. The molecule has 1 aliphatic heterocycles. The highest BCUT2D eigenvalue weighted by Gasteiger charge is 2.34. The highest BCUT2D eigenvalue weighted by molar-refractivity contribution is 9.10. The summed E-state index contributed by atoms with van der Waals surface area (Å²) in [5, 5.41) is 9.11. The average Bonchev–Trinajstić information content (AvgIpc) is 2.93. The molecule has 1 heterocycles. The van der Waals surface area contributed by atoms with Crippen LogP contribution in [0.2, 0.25) is 0 Å². The Morgan fingerprint density at radius 2 is 2.29 bits per heavy atom. The third-order valence-corrected chi connectivity index (χ3v) is 5.04. The van der Waals surface area contributed by atoms with Crippen LogP contribution >= 0.6 is 15.9 Å². The van der Waals surface area contributed by atoms with E-state index in [4.69, 9.17) is 10.8 Å². The van der Waals surface area contributed by atoms with Crippen molar-refractivity contribution in [1.29, 1.82) is 0 Å². The van der Waals surface area contributed by atoms with Gasteiger partial charge in [0, 0.05) is 23.2 Å². The molecule has 1 saturated heterocycles. The third-order valence-electron chi connectivity index (χ3n) is 4.54. The predicted molar refractivity (Wildman–Crippen MR) is 91.2 cm³/mol. The van der Waals surface area contributed by atoms with Crippen LogP contribution in [0.3, 0.4) is 0 Å². The SMILES string of the molecule is CCC(N)C(c1cccc(Br)c1)N1CCCC1CCCO. The lowest BCUT2D eigenvalue weighted by atomic mass is 9.95. The summed E-state index contributed by atoms with van der Waals surface area (Å²) in [6, 6.07) is 9.51. The first-order valence-electron chi connectivity index (χ1n) is 8.05. The molecule has 0 amide bonds. The lowest BCUT2D eigenvalue weighted by Gasteiger charge is -2.37. The molecular formula is C17H27BrN2O. The quantitative estimate of drug-likeness (QED) is 0.788. The molecule has 3 N–H and O–H groups in total. The molecule has 0 bridgehead atoms. The number of nitrogens with zero attached hydrogens (tertiary/aromatic N) is 1. The van der Waals surface area contributed by atoms with Gasteiger partial charge in [-0.1, -0.05) is 35.0 Å². The van der Waals surface area contributed by atoms with Gasteiger partial charge in [0.05, 0.1) is 6.04 Å². The highest BCUT2D eigenvalue weighted by atomic mass is 79.9. The Balaban J connectivity index is 2.23. The number of nitrogens with two attached hydrogens (primary N) is 1. The van der Waals surface area contributed by atoms with Crippen LogP contribution in [-0.2, 0) is 0 Å². The second-order valence-electron chi connectivity index (χ2n) is 5.97. The third kappa shape index (κ3) is 4.28. The summed E-state index contributed by atoms with van der Waals surface area (Å²) in [5.74, 6) is 0. The van der Waals surface area contributed by atoms with Crippen molar-refractivity contribution in [3.8, 4) is 0 Å². The predicted octanol–water partition coefficient (Wildman–Crippen LogP) is 3.46. The molecule has 3 nitrogen and oxygen atoms in total. The largest absolute Gasteiger partial charge is 0.396 e. The van der Waals surface area contributed by atoms with Gasteiger partial charge >= 0.3 is 0 Å². The lowest BCUT2D eigenvalue weighted by Crippen LogP contribution is -2.43. The minimum atomic E-state index is 0.147. The van der Waals surface area contributed by atoms with E-state index in [1.54, 1.807) is 0 Å². The van der Waals surface area contributed by atoms with Gasteiger partial charge in [-0.05, 0) is 56.3 Å². The van der Waals surface area contributed by atoms with Gasteiger partial charge in [0.1, 0.15) is 0 Å². The van der Waals surface area contributed by atoms with E-state index in [2.05, 4.69) is 52.0 Å². The Bertz CT molecular complexity index is 441. The summed E-state index contributed by atoms with van der Waals surface area (Å²) in [7, 11) is 0. The smallest absolute Gasteiger partial charge is 0.0502 e.